The predicted octanol–water partition coefficient (Wildman–Crippen LogP) is 9.69. The molecule has 4 heterocycles. The van der Waals surface area contributed by atoms with Gasteiger partial charge in [0.1, 0.15) is 23.1 Å². The molecule has 2 fully saturated rings. The molecule has 2 saturated heterocycles. The van der Waals surface area contributed by atoms with Crippen molar-refractivity contribution in [3.05, 3.63) is 132 Å². The van der Waals surface area contributed by atoms with Crippen LogP contribution in [0.5, 0.6) is 0 Å². The van der Waals surface area contributed by atoms with Crippen LogP contribution in [-0.2, 0) is 23.9 Å². The number of hydrogen-bond acceptors (Lipinski definition) is 9. The Morgan fingerprint density at radius 1 is 0.682 bits per heavy atom. The average molecular weight is 910 g/mol. The Kier molecular flexibility index (Phi) is 14.1. The fraction of sp³-hybridized carbons (Fsp3) is 0.333. The third kappa shape index (κ3) is 10.6. The van der Waals surface area contributed by atoms with Crippen molar-refractivity contribution in [2.24, 2.45) is 0 Å². The van der Waals surface area contributed by atoms with E-state index in [0.717, 1.165) is 56.9 Å². The highest BCUT2D eigenvalue weighted by atomic mass is 32.1. The molecular weight excluding hydrogens is 855 g/mol. The monoisotopic (exact) mass is 909 g/mol. The van der Waals surface area contributed by atoms with Crippen molar-refractivity contribution in [1.29, 1.82) is 0 Å². The number of likely N-dealkylation sites (tertiary alicyclic amines) is 2. The lowest BCUT2D eigenvalue weighted by Crippen LogP contribution is -2.48. The summed E-state index contributed by atoms with van der Waals surface area (Å²) in [5, 5.41) is 10.3. The number of amides is 5. The van der Waals surface area contributed by atoms with Gasteiger partial charge in [-0.15, -0.1) is 11.3 Å². The van der Waals surface area contributed by atoms with E-state index in [-0.39, 0.29) is 36.0 Å². The first kappa shape index (κ1) is 45.6. The maximum absolute atomic E-state index is 14.3. The first-order valence-electron chi connectivity index (χ1n) is 22.6. The Balaban J connectivity index is 0.934. The molecule has 0 aliphatic carbocycles. The number of anilines is 1. The van der Waals surface area contributed by atoms with E-state index in [0.29, 0.717) is 42.7 Å². The lowest BCUT2D eigenvalue weighted by atomic mass is 9.99. The van der Waals surface area contributed by atoms with Gasteiger partial charge in [-0.3, -0.25) is 14.4 Å². The second-order valence-corrected chi connectivity index (χ2v) is 18.3. The van der Waals surface area contributed by atoms with Gasteiger partial charge in [-0.25, -0.2) is 14.6 Å². The number of piperidine rings is 1. The standard InChI is InChI=1S/C51H55N7O7S/c1-31(2)64-50(62)55-44(35-14-7-5-8-15-35)48(60)57-27-13-19-41(57)46(59)53-38-24-25-39-37(28-38)29-40(54-39)33-20-22-34(23-21-33)43-30-52-47(66-43)42-18-11-12-26-58(42)49(61)45(36-16-9-6-10-17-36)56-51(63)65-32(3)4/h5-10,14-17,20-25,28-32,41-42,44-45,54H,11-13,18-19,26-27H2,1-4H3,(H,53,59)(H,55,62)(H,56,63)/t41-,42-,44+,45+/m0/s1. The number of H-pyrrole nitrogens is 1. The maximum atomic E-state index is 14.3. The third-order valence-corrected chi connectivity index (χ3v) is 12.9. The highest BCUT2D eigenvalue weighted by Gasteiger charge is 2.39. The van der Waals surface area contributed by atoms with Gasteiger partial charge in [0.25, 0.3) is 11.8 Å². The van der Waals surface area contributed by atoms with E-state index >= 15 is 0 Å². The van der Waals surface area contributed by atoms with Crippen molar-refractivity contribution in [3.8, 4) is 21.7 Å². The molecule has 4 N–H and O–H groups in total. The number of aromatic nitrogens is 2. The van der Waals surface area contributed by atoms with Crippen LogP contribution in [0.25, 0.3) is 32.6 Å². The Hall–Kier alpha value is -7.00. The minimum absolute atomic E-state index is 0.193. The molecule has 4 aromatic carbocycles. The molecule has 342 valence electrons. The zero-order valence-electron chi connectivity index (χ0n) is 37.5. The smallest absolute Gasteiger partial charge is 0.408 e. The minimum Gasteiger partial charge on any atom is -0.447 e. The van der Waals surface area contributed by atoms with E-state index in [1.54, 1.807) is 68.2 Å². The van der Waals surface area contributed by atoms with Gasteiger partial charge in [-0.1, -0.05) is 84.9 Å². The summed E-state index contributed by atoms with van der Waals surface area (Å²) in [7, 11) is 0. The Bertz CT molecular complexity index is 2670. The van der Waals surface area contributed by atoms with Crippen molar-refractivity contribution in [2.75, 3.05) is 18.4 Å². The molecule has 66 heavy (non-hydrogen) atoms. The Morgan fingerprint density at radius 2 is 1.27 bits per heavy atom. The van der Waals surface area contributed by atoms with E-state index in [1.807, 2.05) is 71.8 Å². The van der Waals surface area contributed by atoms with E-state index in [4.69, 9.17) is 14.5 Å². The second kappa shape index (κ2) is 20.4. The predicted molar refractivity (Wildman–Crippen MR) is 254 cm³/mol. The number of alkyl carbamates (subject to hydrolysis) is 2. The number of fused-ring (bicyclic) bond motifs is 1. The molecule has 0 spiro atoms. The lowest BCUT2D eigenvalue weighted by Gasteiger charge is -2.37. The van der Waals surface area contributed by atoms with Gasteiger partial charge in [0.15, 0.2) is 0 Å². The lowest BCUT2D eigenvalue weighted by molar-refractivity contribution is -0.138. The molecule has 0 saturated carbocycles. The number of aromatic amines is 1. The van der Waals surface area contributed by atoms with Crippen molar-refractivity contribution in [1.82, 2.24) is 30.4 Å². The van der Waals surface area contributed by atoms with Crippen molar-refractivity contribution in [3.63, 3.8) is 0 Å². The number of nitrogens with zero attached hydrogens (tertiary/aromatic N) is 3. The van der Waals surface area contributed by atoms with Gasteiger partial charge < -0.3 is 40.2 Å². The number of hydrogen-bond donors (Lipinski definition) is 4. The largest absolute Gasteiger partial charge is 0.447 e. The highest BCUT2D eigenvalue weighted by molar-refractivity contribution is 7.15. The van der Waals surface area contributed by atoms with Gasteiger partial charge in [-0.05, 0) is 106 Å². The summed E-state index contributed by atoms with van der Waals surface area (Å²) in [5.41, 5.74) is 5.67. The van der Waals surface area contributed by atoms with Crippen LogP contribution in [0.15, 0.2) is 115 Å². The van der Waals surface area contributed by atoms with Gasteiger partial charge >= 0.3 is 12.2 Å². The van der Waals surface area contributed by atoms with Gasteiger partial charge in [0.05, 0.1) is 23.1 Å². The molecule has 0 bridgehead atoms. The van der Waals surface area contributed by atoms with Crippen LogP contribution in [-0.4, -0.2) is 81.0 Å². The molecule has 15 heteroatoms. The molecule has 0 radical (unpaired) electrons. The molecule has 4 atom stereocenters. The number of carbonyl (C=O) groups is 5. The third-order valence-electron chi connectivity index (χ3n) is 11.8. The van der Waals surface area contributed by atoms with Crippen molar-refractivity contribution in [2.45, 2.75) is 96.2 Å². The fourth-order valence-electron chi connectivity index (χ4n) is 8.67. The van der Waals surface area contributed by atoms with Gasteiger partial charge in [-0.2, -0.15) is 0 Å². The summed E-state index contributed by atoms with van der Waals surface area (Å²) in [6, 6.07) is 31.3. The molecule has 2 aliphatic heterocycles. The summed E-state index contributed by atoms with van der Waals surface area (Å²) in [6.07, 6.45) is 3.56. The molecule has 6 aromatic rings. The molecule has 2 aromatic heterocycles. The topological polar surface area (TPSA) is 175 Å². The van der Waals surface area contributed by atoms with E-state index < -0.39 is 30.3 Å². The number of carbonyl (C=O) groups excluding carboxylic acids is 5. The number of ether oxygens (including phenoxy) is 2. The molecule has 8 rings (SSSR count). The summed E-state index contributed by atoms with van der Waals surface area (Å²) in [6.45, 7) is 7.96. The normalized spacial score (nSPS) is 17.1. The van der Waals surface area contributed by atoms with Crippen molar-refractivity contribution >= 4 is 57.8 Å². The van der Waals surface area contributed by atoms with Crippen LogP contribution < -0.4 is 16.0 Å². The number of rotatable bonds is 13. The van der Waals surface area contributed by atoms with E-state index in [1.165, 1.54) is 0 Å². The fourth-order valence-corrected chi connectivity index (χ4v) is 9.74. The summed E-state index contributed by atoms with van der Waals surface area (Å²) in [4.78, 5) is 80.2. The van der Waals surface area contributed by atoms with Crippen LogP contribution in [0.2, 0.25) is 0 Å². The van der Waals surface area contributed by atoms with Gasteiger partial charge in [0.2, 0.25) is 5.91 Å². The maximum Gasteiger partial charge on any atom is 0.408 e. The van der Waals surface area contributed by atoms with Crippen LogP contribution >= 0.6 is 11.3 Å². The SMILES string of the molecule is CC(C)OC(=O)N[C@@H](C(=O)N1CCC[C@H]1C(=O)Nc1ccc2[nH]c(-c3ccc(-c4cnc([C@@H]5CCCCN5C(=O)[C@H](NC(=O)OC(C)C)c5ccccc5)s4)cc3)cc2c1)c1ccccc1. The molecule has 14 nitrogen and oxygen atoms in total. The summed E-state index contributed by atoms with van der Waals surface area (Å²) < 4.78 is 10.6. The zero-order valence-corrected chi connectivity index (χ0v) is 38.3. The number of benzene rings is 4. The zero-order chi connectivity index (χ0) is 46.3. The number of thiazole rings is 1. The van der Waals surface area contributed by atoms with E-state index in [9.17, 15) is 24.0 Å². The second-order valence-electron chi connectivity index (χ2n) is 17.2. The van der Waals surface area contributed by atoms with Crippen molar-refractivity contribution < 1.29 is 33.4 Å². The molecule has 2 aliphatic rings. The molecule has 0 unspecified atom stereocenters. The van der Waals surface area contributed by atoms with Gasteiger partial charge in [0, 0.05) is 41.6 Å². The summed E-state index contributed by atoms with van der Waals surface area (Å²) in [5.74, 6) is -0.862. The van der Waals surface area contributed by atoms with Crippen LogP contribution in [0.3, 0.4) is 0 Å². The Labute approximate surface area is 388 Å². The van der Waals surface area contributed by atoms with E-state index in [2.05, 4.69) is 45.2 Å². The quantitative estimate of drug-likeness (QED) is 0.0886. The molecule has 5 amide bonds. The van der Waals surface area contributed by atoms with Crippen LogP contribution in [0, 0.1) is 0 Å². The minimum atomic E-state index is -1.01. The highest BCUT2D eigenvalue weighted by Crippen LogP contribution is 2.39. The first-order valence-corrected chi connectivity index (χ1v) is 23.4. The first-order chi connectivity index (χ1) is 31.9. The van der Waals surface area contributed by atoms with Crippen LogP contribution in [0.1, 0.15) is 94.1 Å². The molecular formula is C51H55N7O7S. The Morgan fingerprint density at radius 3 is 1.89 bits per heavy atom. The van der Waals surface area contributed by atoms with Crippen LogP contribution in [0.4, 0.5) is 15.3 Å². The number of nitrogens with one attached hydrogen (secondary N) is 4. The average Bonchev–Trinajstić information content (AvgIpc) is 4.11. The summed E-state index contributed by atoms with van der Waals surface area (Å²) >= 11 is 1.57.